The highest BCUT2D eigenvalue weighted by atomic mass is 16.5. The Kier molecular flexibility index (Phi) is 4.84. The van der Waals surface area contributed by atoms with Gasteiger partial charge in [0.05, 0.1) is 7.11 Å². The molecule has 1 heterocycles. The van der Waals surface area contributed by atoms with Crippen molar-refractivity contribution in [2.45, 2.75) is 19.8 Å². The summed E-state index contributed by atoms with van der Waals surface area (Å²) in [6, 6.07) is 14.9. The number of ether oxygens (including phenoxy) is 1. The van der Waals surface area contributed by atoms with Gasteiger partial charge in [-0.2, -0.15) is 0 Å². The molecule has 0 saturated heterocycles. The molecule has 25 heavy (non-hydrogen) atoms. The Balaban J connectivity index is 1.70. The lowest BCUT2D eigenvalue weighted by Crippen LogP contribution is -2.17. The summed E-state index contributed by atoms with van der Waals surface area (Å²) in [6.45, 7) is 2.01. The van der Waals surface area contributed by atoms with Crippen LogP contribution < -0.4 is 15.6 Å². The molecule has 5 nitrogen and oxygen atoms in total. The molecule has 0 bridgehead atoms. The van der Waals surface area contributed by atoms with Gasteiger partial charge in [0, 0.05) is 29.3 Å². The summed E-state index contributed by atoms with van der Waals surface area (Å²) in [6.07, 6.45) is 0.618. The van der Waals surface area contributed by atoms with Gasteiger partial charge in [0.2, 0.25) is 5.91 Å². The Morgan fingerprint density at radius 3 is 2.80 bits per heavy atom. The molecule has 1 aromatic heterocycles. The van der Waals surface area contributed by atoms with Crippen LogP contribution in [0.1, 0.15) is 17.5 Å². The molecular formula is C20H20N2O3. The lowest BCUT2D eigenvalue weighted by molar-refractivity contribution is -0.116. The van der Waals surface area contributed by atoms with Crippen LogP contribution in [0.3, 0.4) is 0 Å². The number of H-pyrrole nitrogens is 1. The molecule has 3 aromatic rings. The molecule has 2 N–H and O–H groups in total. The summed E-state index contributed by atoms with van der Waals surface area (Å²) >= 11 is 0. The van der Waals surface area contributed by atoms with Crippen molar-refractivity contribution >= 4 is 22.5 Å². The molecule has 0 radical (unpaired) electrons. The van der Waals surface area contributed by atoms with Crippen molar-refractivity contribution in [2.24, 2.45) is 0 Å². The van der Waals surface area contributed by atoms with E-state index in [1.807, 2.05) is 43.3 Å². The van der Waals surface area contributed by atoms with E-state index in [0.29, 0.717) is 23.4 Å². The number of aryl methyl sites for hydroxylation is 2. The van der Waals surface area contributed by atoms with Crippen LogP contribution in [-0.4, -0.2) is 18.0 Å². The van der Waals surface area contributed by atoms with E-state index in [-0.39, 0.29) is 17.9 Å². The van der Waals surface area contributed by atoms with E-state index in [1.165, 1.54) is 0 Å². The fraction of sp³-hybridized carbons (Fsp3) is 0.200. The fourth-order valence-electron chi connectivity index (χ4n) is 2.73. The second-order valence-electron chi connectivity index (χ2n) is 5.99. The Hall–Kier alpha value is -3.08. The van der Waals surface area contributed by atoms with Crippen LogP contribution in [0, 0.1) is 6.92 Å². The number of benzene rings is 2. The Morgan fingerprint density at radius 1 is 1.16 bits per heavy atom. The van der Waals surface area contributed by atoms with Crippen molar-refractivity contribution in [1.29, 1.82) is 0 Å². The smallest absolute Gasteiger partial charge is 0.251 e. The molecule has 0 aliphatic heterocycles. The van der Waals surface area contributed by atoms with Gasteiger partial charge in [0.25, 0.3) is 5.56 Å². The van der Waals surface area contributed by atoms with Crippen LogP contribution in [0.4, 0.5) is 5.69 Å². The number of fused-ring (bicyclic) bond motifs is 1. The van der Waals surface area contributed by atoms with Crippen molar-refractivity contribution in [3.63, 3.8) is 0 Å². The maximum atomic E-state index is 12.2. The summed E-state index contributed by atoms with van der Waals surface area (Å²) in [4.78, 5) is 27.2. The van der Waals surface area contributed by atoms with Crippen LogP contribution in [0.5, 0.6) is 5.75 Å². The molecule has 0 unspecified atom stereocenters. The summed E-state index contributed by atoms with van der Waals surface area (Å²) in [5.41, 5.74) is 3.07. The molecule has 128 valence electrons. The van der Waals surface area contributed by atoms with Crippen LogP contribution >= 0.6 is 0 Å². The van der Waals surface area contributed by atoms with Crippen molar-refractivity contribution in [2.75, 3.05) is 12.4 Å². The van der Waals surface area contributed by atoms with E-state index in [1.54, 1.807) is 19.2 Å². The molecule has 1 amide bonds. The fourth-order valence-corrected chi connectivity index (χ4v) is 2.73. The molecule has 0 spiro atoms. The third-order valence-electron chi connectivity index (χ3n) is 4.05. The number of carbonyl (C=O) groups is 1. The number of aromatic nitrogens is 1. The van der Waals surface area contributed by atoms with Gasteiger partial charge >= 0.3 is 0 Å². The molecule has 2 aromatic carbocycles. The average Bonchev–Trinajstić information content (AvgIpc) is 2.60. The first-order valence-corrected chi connectivity index (χ1v) is 8.11. The second kappa shape index (κ2) is 7.21. The zero-order valence-corrected chi connectivity index (χ0v) is 14.3. The minimum Gasteiger partial charge on any atom is -0.497 e. The van der Waals surface area contributed by atoms with Crippen molar-refractivity contribution in [1.82, 2.24) is 4.98 Å². The summed E-state index contributed by atoms with van der Waals surface area (Å²) in [5.74, 6) is 0.538. The number of rotatable bonds is 5. The van der Waals surface area contributed by atoms with Gasteiger partial charge < -0.3 is 15.0 Å². The first-order valence-electron chi connectivity index (χ1n) is 8.11. The third-order valence-corrected chi connectivity index (χ3v) is 4.05. The number of amides is 1. The normalized spacial score (nSPS) is 10.6. The first kappa shape index (κ1) is 16.8. The quantitative estimate of drug-likeness (QED) is 0.750. The van der Waals surface area contributed by atoms with Gasteiger partial charge in [0.1, 0.15) is 5.75 Å². The summed E-state index contributed by atoms with van der Waals surface area (Å²) < 4.78 is 5.14. The minimum absolute atomic E-state index is 0.142. The van der Waals surface area contributed by atoms with Crippen LogP contribution in [0.2, 0.25) is 0 Å². The Labute approximate surface area is 145 Å². The van der Waals surface area contributed by atoms with Gasteiger partial charge in [-0.3, -0.25) is 9.59 Å². The van der Waals surface area contributed by atoms with Crippen molar-refractivity contribution in [3.8, 4) is 5.75 Å². The number of pyridine rings is 1. The Morgan fingerprint density at radius 2 is 2.00 bits per heavy atom. The molecule has 0 aliphatic rings. The van der Waals surface area contributed by atoms with Gasteiger partial charge in [-0.25, -0.2) is 0 Å². The predicted molar refractivity (Wildman–Crippen MR) is 99.3 cm³/mol. The lowest BCUT2D eigenvalue weighted by atomic mass is 10.1. The molecule has 0 fully saturated rings. The number of anilines is 1. The standard InChI is InChI=1S/C20H20N2O3/c1-13-6-8-18-15(10-13)11-14(20(24)22-18)7-9-19(23)21-16-4-3-5-17(12-16)25-2/h3-6,8,10-12H,7,9H2,1-2H3,(H,21,23)(H,22,24). The SMILES string of the molecule is COc1cccc(NC(=O)CCc2cc3cc(C)ccc3[nH]c2=O)c1. The largest absolute Gasteiger partial charge is 0.497 e. The van der Waals surface area contributed by atoms with Gasteiger partial charge in [-0.1, -0.05) is 17.7 Å². The topological polar surface area (TPSA) is 71.2 Å². The first-order chi connectivity index (χ1) is 12.0. The molecule has 3 rings (SSSR count). The van der Waals surface area contributed by atoms with E-state index in [4.69, 9.17) is 4.74 Å². The highest BCUT2D eigenvalue weighted by molar-refractivity contribution is 5.91. The van der Waals surface area contributed by atoms with E-state index in [2.05, 4.69) is 10.3 Å². The second-order valence-corrected chi connectivity index (χ2v) is 5.99. The average molecular weight is 336 g/mol. The zero-order chi connectivity index (χ0) is 17.8. The maximum absolute atomic E-state index is 12.2. The molecular weight excluding hydrogens is 316 g/mol. The maximum Gasteiger partial charge on any atom is 0.251 e. The van der Waals surface area contributed by atoms with Gasteiger partial charge in [-0.15, -0.1) is 0 Å². The highest BCUT2D eigenvalue weighted by Gasteiger charge is 2.08. The van der Waals surface area contributed by atoms with E-state index in [0.717, 1.165) is 16.5 Å². The van der Waals surface area contributed by atoms with Crippen molar-refractivity contribution < 1.29 is 9.53 Å². The summed E-state index contributed by atoms with van der Waals surface area (Å²) in [7, 11) is 1.58. The number of hydrogen-bond acceptors (Lipinski definition) is 3. The van der Waals surface area contributed by atoms with Crippen LogP contribution in [0.25, 0.3) is 10.9 Å². The number of aromatic amines is 1. The van der Waals surface area contributed by atoms with E-state index < -0.39 is 0 Å². The summed E-state index contributed by atoms with van der Waals surface area (Å²) in [5, 5.41) is 3.80. The molecule has 5 heteroatoms. The Bertz CT molecular complexity index is 976. The van der Waals surface area contributed by atoms with Gasteiger partial charge in [-0.05, 0) is 49.1 Å². The predicted octanol–water partition coefficient (Wildman–Crippen LogP) is 3.42. The zero-order valence-electron chi connectivity index (χ0n) is 14.3. The molecule has 0 atom stereocenters. The van der Waals surface area contributed by atoms with Crippen LogP contribution in [-0.2, 0) is 11.2 Å². The monoisotopic (exact) mass is 336 g/mol. The van der Waals surface area contributed by atoms with Crippen LogP contribution in [0.15, 0.2) is 53.3 Å². The van der Waals surface area contributed by atoms with Crippen molar-refractivity contribution in [3.05, 3.63) is 70.0 Å². The number of nitrogens with one attached hydrogen (secondary N) is 2. The third kappa shape index (κ3) is 4.07. The highest BCUT2D eigenvalue weighted by Crippen LogP contribution is 2.17. The van der Waals surface area contributed by atoms with E-state index >= 15 is 0 Å². The van der Waals surface area contributed by atoms with E-state index in [9.17, 15) is 9.59 Å². The molecule has 0 saturated carbocycles. The number of carbonyl (C=O) groups excluding carboxylic acids is 1. The number of hydrogen-bond donors (Lipinski definition) is 2. The number of methoxy groups -OCH3 is 1. The lowest BCUT2D eigenvalue weighted by Gasteiger charge is -2.07. The van der Waals surface area contributed by atoms with Gasteiger partial charge in [0.15, 0.2) is 0 Å². The molecule has 0 aliphatic carbocycles. The minimum atomic E-state index is -0.148.